The van der Waals surface area contributed by atoms with Crippen molar-refractivity contribution in [3.63, 3.8) is 0 Å². The zero-order chi connectivity index (χ0) is 18.0. The van der Waals surface area contributed by atoms with Crippen LogP contribution in [0.25, 0.3) is 0 Å². The molecule has 0 aromatic heterocycles. The van der Waals surface area contributed by atoms with E-state index in [1.54, 1.807) is 0 Å². The van der Waals surface area contributed by atoms with Crippen LogP contribution in [0.4, 0.5) is 5.69 Å². The molecule has 0 unspecified atom stereocenters. The van der Waals surface area contributed by atoms with Crippen LogP contribution >= 0.6 is 0 Å². The van der Waals surface area contributed by atoms with Crippen LogP contribution in [0.5, 0.6) is 0 Å². The number of carbonyl (C=O) groups is 1. The third-order valence-corrected chi connectivity index (χ3v) is 5.32. The van der Waals surface area contributed by atoms with Gasteiger partial charge in [-0.25, -0.2) is 26.8 Å². The molecule has 0 amide bonds. The zero-order valence-electron chi connectivity index (χ0n) is 12.5. The van der Waals surface area contributed by atoms with E-state index in [2.05, 4.69) is 9.46 Å². The largest absolute Gasteiger partial charge is 0.465 e. The Morgan fingerprint density at radius 1 is 1.00 bits per heavy atom. The summed E-state index contributed by atoms with van der Waals surface area (Å²) in [5, 5.41) is 4.96. The van der Waals surface area contributed by atoms with Crippen molar-refractivity contribution in [2.24, 2.45) is 5.14 Å². The fraction of sp³-hybridized carbons (Fsp3) is 0.0714. The third-order valence-electron chi connectivity index (χ3n) is 3.00. The Balaban J connectivity index is 2.30. The van der Waals surface area contributed by atoms with Gasteiger partial charge in [-0.1, -0.05) is 6.07 Å². The van der Waals surface area contributed by atoms with Gasteiger partial charge in [0.05, 0.1) is 22.5 Å². The summed E-state index contributed by atoms with van der Waals surface area (Å²) in [5.74, 6) is -0.603. The van der Waals surface area contributed by atoms with E-state index in [-0.39, 0.29) is 21.0 Å². The maximum absolute atomic E-state index is 12.3. The molecule has 0 spiro atoms. The van der Waals surface area contributed by atoms with E-state index >= 15 is 0 Å². The molecule has 24 heavy (non-hydrogen) atoms. The maximum atomic E-state index is 12.3. The Morgan fingerprint density at radius 2 is 1.58 bits per heavy atom. The summed E-state index contributed by atoms with van der Waals surface area (Å²) in [6.45, 7) is 0. The number of ether oxygens (including phenoxy) is 1. The van der Waals surface area contributed by atoms with Gasteiger partial charge in [-0.15, -0.1) is 0 Å². The summed E-state index contributed by atoms with van der Waals surface area (Å²) in [4.78, 5) is 11.1. The summed E-state index contributed by atoms with van der Waals surface area (Å²) in [6, 6.07) is 10.2. The molecule has 10 heteroatoms. The van der Waals surface area contributed by atoms with Crippen LogP contribution in [-0.4, -0.2) is 29.9 Å². The van der Waals surface area contributed by atoms with Gasteiger partial charge in [0.25, 0.3) is 10.0 Å². The lowest BCUT2D eigenvalue weighted by Crippen LogP contribution is -2.15. The Hall–Kier alpha value is -2.43. The molecule has 2 aromatic carbocycles. The normalized spacial score (nSPS) is 11.8. The molecule has 0 aliphatic heterocycles. The number of sulfonamides is 2. The molecule has 128 valence electrons. The van der Waals surface area contributed by atoms with Crippen molar-refractivity contribution in [2.45, 2.75) is 9.79 Å². The summed E-state index contributed by atoms with van der Waals surface area (Å²) in [7, 11) is -6.66. The van der Waals surface area contributed by atoms with Crippen LogP contribution in [0.15, 0.2) is 58.3 Å². The molecular weight excluding hydrogens is 356 g/mol. The van der Waals surface area contributed by atoms with E-state index in [0.717, 1.165) is 24.3 Å². The van der Waals surface area contributed by atoms with Gasteiger partial charge in [-0.05, 0) is 42.5 Å². The molecule has 0 heterocycles. The van der Waals surface area contributed by atoms with Crippen LogP contribution in [0, 0.1) is 0 Å². The minimum absolute atomic E-state index is 0.154. The van der Waals surface area contributed by atoms with E-state index in [1.165, 1.54) is 31.4 Å². The van der Waals surface area contributed by atoms with Gasteiger partial charge in [0.1, 0.15) is 0 Å². The number of esters is 1. The van der Waals surface area contributed by atoms with Gasteiger partial charge < -0.3 is 4.74 Å². The van der Waals surface area contributed by atoms with E-state index < -0.39 is 26.0 Å². The molecular formula is C14H14N2O6S2. The Bertz CT molecular complexity index is 967. The van der Waals surface area contributed by atoms with E-state index in [0.29, 0.717) is 0 Å². The maximum Gasteiger partial charge on any atom is 0.337 e. The monoisotopic (exact) mass is 370 g/mol. The summed E-state index contributed by atoms with van der Waals surface area (Å²) in [5.41, 5.74) is 0.343. The molecule has 0 aliphatic rings. The Labute approximate surface area is 139 Å². The summed E-state index contributed by atoms with van der Waals surface area (Å²) >= 11 is 0. The van der Waals surface area contributed by atoms with Crippen molar-refractivity contribution >= 4 is 31.7 Å². The van der Waals surface area contributed by atoms with Crippen LogP contribution in [-0.2, 0) is 24.8 Å². The topological polar surface area (TPSA) is 133 Å². The number of primary sulfonamides is 1. The highest BCUT2D eigenvalue weighted by Gasteiger charge is 2.17. The number of benzene rings is 2. The lowest BCUT2D eigenvalue weighted by Gasteiger charge is -2.09. The van der Waals surface area contributed by atoms with E-state index in [1.807, 2.05) is 0 Å². The fourth-order valence-corrected chi connectivity index (χ4v) is 3.42. The highest BCUT2D eigenvalue weighted by molar-refractivity contribution is 7.92. The molecule has 8 nitrogen and oxygen atoms in total. The molecule has 0 bridgehead atoms. The standard InChI is InChI=1S/C14H14N2O6S2/c1-22-14(17)10-3-2-4-11(9-10)16-24(20,21)13-7-5-12(6-8-13)23(15,18)19/h2-9,16H,1H3,(H2,15,18,19). The van der Waals surface area contributed by atoms with Crippen LogP contribution < -0.4 is 9.86 Å². The SMILES string of the molecule is COC(=O)c1cccc(NS(=O)(=O)c2ccc(S(N)(=O)=O)cc2)c1. The second-order valence-electron chi connectivity index (χ2n) is 4.69. The molecule has 0 fully saturated rings. The first-order chi connectivity index (χ1) is 11.1. The zero-order valence-corrected chi connectivity index (χ0v) is 14.1. The molecule has 2 aromatic rings. The lowest BCUT2D eigenvalue weighted by atomic mass is 10.2. The number of anilines is 1. The van der Waals surface area contributed by atoms with Crippen LogP contribution in [0.2, 0.25) is 0 Å². The second kappa shape index (κ2) is 6.59. The number of hydrogen-bond acceptors (Lipinski definition) is 6. The average molecular weight is 370 g/mol. The first-order valence-corrected chi connectivity index (χ1v) is 9.50. The van der Waals surface area contributed by atoms with Crippen molar-refractivity contribution in [1.82, 2.24) is 0 Å². The number of nitrogens with two attached hydrogens (primary N) is 1. The minimum Gasteiger partial charge on any atom is -0.465 e. The van der Waals surface area contributed by atoms with Gasteiger partial charge in [0.2, 0.25) is 10.0 Å². The summed E-state index contributed by atoms with van der Waals surface area (Å²) in [6.07, 6.45) is 0. The van der Waals surface area contributed by atoms with Gasteiger partial charge in [-0.2, -0.15) is 0 Å². The number of hydrogen-bond donors (Lipinski definition) is 2. The van der Waals surface area contributed by atoms with Crippen LogP contribution in [0.1, 0.15) is 10.4 Å². The first-order valence-electron chi connectivity index (χ1n) is 6.47. The highest BCUT2D eigenvalue weighted by atomic mass is 32.2. The first kappa shape index (κ1) is 17.9. The number of rotatable bonds is 5. The molecule has 0 aliphatic carbocycles. The second-order valence-corrected chi connectivity index (χ2v) is 7.94. The van der Waals surface area contributed by atoms with Crippen molar-refractivity contribution < 1.29 is 26.4 Å². The minimum atomic E-state index is -3.96. The average Bonchev–Trinajstić information content (AvgIpc) is 2.53. The predicted octanol–water partition coefficient (Wildman–Crippen LogP) is 0.921. The number of carbonyl (C=O) groups excluding carboxylic acids is 1. The summed E-state index contributed by atoms with van der Waals surface area (Å²) < 4.78 is 53.8. The number of nitrogens with one attached hydrogen (secondary N) is 1. The van der Waals surface area contributed by atoms with Gasteiger partial charge in [0.15, 0.2) is 0 Å². The quantitative estimate of drug-likeness (QED) is 0.752. The van der Waals surface area contributed by atoms with Crippen molar-refractivity contribution in [2.75, 3.05) is 11.8 Å². The van der Waals surface area contributed by atoms with Gasteiger partial charge in [-0.3, -0.25) is 4.72 Å². The van der Waals surface area contributed by atoms with Crippen molar-refractivity contribution in [1.29, 1.82) is 0 Å². The third kappa shape index (κ3) is 4.10. The smallest absolute Gasteiger partial charge is 0.337 e. The molecule has 2 rings (SSSR count). The van der Waals surface area contributed by atoms with Crippen molar-refractivity contribution in [3.05, 3.63) is 54.1 Å². The highest BCUT2D eigenvalue weighted by Crippen LogP contribution is 2.19. The lowest BCUT2D eigenvalue weighted by molar-refractivity contribution is 0.0600. The Kier molecular flexibility index (Phi) is 4.92. The van der Waals surface area contributed by atoms with Crippen molar-refractivity contribution in [3.8, 4) is 0 Å². The molecule has 0 saturated heterocycles. The van der Waals surface area contributed by atoms with E-state index in [4.69, 9.17) is 5.14 Å². The molecule has 0 atom stereocenters. The molecule has 3 N–H and O–H groups in total. The van der Waals surface area contributed by atoms with Crippen LogP contribution in [0.3, 0.4) is 0 Å². The Morgan fingerprint density at radius 3 is 2.12 bits per heavy atom. The number of methoxy groups -OCH3 is 1. The predicted molar refractivity (Wildman–Crippen MR) is 86.4 cm³/mol. The molecule has 0 saturated carbocycles. The van der Waals surface area contributed by atoms with Gasteiger partial charge >= 0.3 is 5.97 Å². The van der Waals surface area contributed by atoms with E-state index in [9.17, 15) is 21.6 Å². The molecule has 0 radical (unpaired) electrons. The van der Waals surface area contributed by atoms with Gasteiger partial charge in [0, 0.05) is 5.69 Å². The fourth-order valence-electron chi connectivity index (χ4n) is 1.85.